The number of H-pyrrole nitrogens is 1. The van der Waals surface area contributed by atoms with Gasteiger partial charge in [-0.3, -0.25) is 33.9 Å². The van der Waals surface area contributed by atoms with Gasteiger partial charge in [-0.15, -0.1) is 11.8 Å². The molecule has 0 spiro atoms. The van der Waals surface area contributed by atoms with Crippen LogP contribution in [-0.4, -0.2) is 86.6 Å². The lowest BCUT2D eigenvalue weighted by atomic mass is 10.0. The van der Waals surface area contributed by atoms with Gasteiger partial charge >= 0.3 is 17.1 Å². The first-order chi connectivity index (χ1) is 19.1. The highest BCUT2D eigenvalue weighted by Crippen LogP contribution is 2.41. The van der Waals surface area contributed by atoms with Gasteiger partial charge in [-0.1, -0.05) is 23.0 Å². The summed E-state index contributed by atoms with van der Waals surface area (Å²) in [6, 6.07) is -1.03. The Morgan fingerprint density at radius 3 is 2.83 bits per heavy atom. The number of aromatic amines is 1. The molecular formula is C21H21N9O7S3. The van der Waals surface area contributed by atoms with Crippen LogP contribution in [0.2, 0.25) is 0 Å². The van der Waals surface area contributed by atoms with Crippen molar-refractivity contribution in [3.05, 3.63) is 50.0 Å². The zero-order chi connectivity index (χ0) is 28.6. The second-order valence-corrected chi connectivity index (χ2v) is 11.5. The summed E-state index contributed by atoms with van der Waals surface area (Å²) in [6.07, 6.45) is 4.94. The van der Waals surface area contributed by atoms with Gasteiger partial charge in [-0.25, -0.2) is 4.79 Å². The number of nitrogens with one attached hydrogen (secondary N) is 2. The quantitative estimate of drug-likeness (QED) is 0.0662. The van der Waals surface area contributed by atoms with Gasteiger partial charge in [0.15, 0.2) is 10.3 Å². The van der Waals surface area contributed by atoms with Crippen LogP contribution < -0.4 is 22.2 Å². The fraction of sp³-hybridized carbons (Fsp3) is 0.381. The molecule has 3 unspecified atom stereocenters. The third kappa shape index (κ3) is 5.39. The van der Waals surface area contributed by atoms with Gasteiger partial charge in [0.2, 0.25) is 11.5 Å². The van der Waals surface area contributed by atoms with Crippen LogP contribution in [0.5, 0.6) is 0 Å². The first-order valence-electron chi connectivity index (χ1n) is 11.6. The van der Waals surface area contributed by atoms with Gasteiger partial charge in [0.1, 0.15) is 23.2 Å². The molecule has 5 rings (SSSR count). The van der Waals surface area contributed by atoms with Crippen molar-refractivity contribution in [3.8, 4) is 0 Å². The lowest BCUT2D eigenvalue weighted by Crippen LogP contribution is -2.71. The number of carbonyl (C=O) groups is 3. The summed E-state index contributed by atoms with van der Waals surface area (Å²) in [7, 11) is 1.49. The largest absolute Gasteiger partial charge is 0.477 e. The summed E-state index contributed by atoms with van der Waals surface area (Å²) in [5, 5.41) is 18.4. The van der Waals surface area contributed by atoms with Gasteiger partial charge in [-0.05, 0) is 24.5 Å². The molecule has 5 N–H and O–H groups in total. The average Bonchev–Trinajstić information content (AvgIpc) is 3.60. The van der Waals surface area contributed by atoms with Crippen molar-refractivity contribution < 1.29 is 24.3 Å². The Labute approximate surface area is 236 Å². The van der Waals surface area contributed by atoms with Gasteiger partial charge in [0.25, 0.3) is 11.8 Å². The van der Waals surface area contributed by atoms with Crippen LogP contribution in [0.1, 0.15) is 18.7 Å². The fourth-order valence-corrected chi connectivity index (χ4v) is 6.91. The molecular weight excluding hydrogens is 586 g/mol. The Morgan fingerprint density at radius 1 is 1.35 bits per heavy atom. The number of aryl methyl sites for hydroxylation is 1. The van der Waals surface area contributed by atoms with E-state index < -0.39 is 40.3 Å². The van der Waals surface area contributed by atoms with Crippen molar-refractivity contribution in [2.45, 2.75) is 35.5 Å². The maximum atomic E-state index is 13.2. The molecule has 40 heavy (non-hydrogen) atoms. The SMILES string of the molecule is Cn1[nH]c(=O)c(=O)nc1SCC1=C(C(=O)O)N2C(=O)C(NC(=O)/C(=N/OC3C=CCC3)c3nsc(N)n3)C2SC1. The zero-order valence-corrected chi connectivity index (χ0v) is 23.0. The minimum Gasteiger partial charge on any atom is -0.477 e. The summed E-state index contributed by atoms with van der Waals surface area (Å²) in [4.78, 5) is 75.8. The Kier molecular flexibility index (Phi) is 7.76. The molecule has 0 bridgehead atoms. The van der Waals surface area contributed by atoms with Crippen molar-refractivity contribution in [2.24, 2.45) is 12.2 Å². The second kappa shape index (κ2) is 11.3. The van der Waals surface area contributed by atoms with Crippen molar-refractivity contribution in [2.75, 3.05) is 17.2 Å². The van der Waals surface area contributed by atoms with E-state index in [0.29, 0.717) is 12.0 Å². The second-order valence-electron chi connectivity index (χ2n) is 8.65. The highest BCUT2D eigenvalue weighted by Gasteiger charge is 2.54. The van der Waals surface area contributed by atoms with E-state index in [9.17, 15) is 29.1 Å². The number of anilines is 1. The number of hydrogen-bond acceptors (Lipinski definition) is 14. The first kappa shape index (κ1) is 27.6. The molecule has 2 aromatic rings. The van der Waals surface area contributed by atoms with E-state index in [1.54, 1.807) is 0 Å². The zero-order valence-electron chi connectivity index (χ0n) is 20.6. The summed E-state index contributed by atoms with van der Waals surface area (Å²) >= 11 is 3.17. The van der Waals surface area contributed by atoms with E-state index in [4.69, 9.17) is 10.6 Å². The molecule has 2 aromatic heterocycles. The van der Waals surface area contributed by atoms with Crippen LogP contribution in [0, 0.1) is 0 Å². The number of nitrogens with zero attached hydrogens (tertiary/aromatic N) is 6. The van der Waals surface area contributed by atoms with Crippen LogP contribution in [-0.2, 0) is 26.3 Å². The number of carboxylic acids is 1. The molecule has 0 saturated carbocycles. The predicted octanol–water partition coefficient (Wildman–Crippen LogP) is -1.13. The van der Waals surface area contributed by atoms with Crippen molar-refractivity contribution in [1.82, 2.24) is 34.3 Å². The van der Waals surface area contributed by atoms with Crippen LogP contribution in [0.15, 0.2) is 43.3 Å². The molecule has 0 radical (unpaired) electrons. The van der Waals surface area contributed by atoms with Crippen molar-refractivity contribution in [3.63, 3.8) is 0 Å². The predicted molar refractivity (Wildman–Crippen MR) is 145 cm³/mol. The highest BCUT2D eigenvalue weighted by molar-refractivity contribution is 8.01. The molecule has 4 heterocycles. The summed E-state index contributed by atoms with van der Waals surface area (Å²) in [6.45, 7) is 0. The number of oxime groups is 1. The number of amides is 2. The highest BCUT2D eigenvalue weighted by atomic mass is 32.2. The van der Waals surface area contributed by atoms with E-state index in [1.165, 1.54) is 23.5 Å². The number of aromatic nitrogens is 5. The van der Waals surface area contributed by atoms with Crippen LogP contribution in [0.3, 0.4) is 0 Å². The summed E-state index contributed by atoms with van der Waals surface area (Å²) in [5.74, 6) is -2.44. The number of hydrogen-bond donors (Lipinski definition) is 4. The van der Waals surface area contributed by atoms with Gasteiger partial charge in [0, 0.05) is 30.1 Å². The lowest BCUT2D eigenvalue weighted by molar-refractivity contribution is -0.150. The Balaban J connectivity index is 1.32. The molecule has 1 fully saturated rings. The van der Waals surface area contributed by atoms with E-state index in [-0.39, 0.29) is 45.1 Å². The number of nitrogen functional groups attached to an aromatic ring is 1. The van der Waals surface area contributed by atoms with Crippen molar-refractivity contribution >= 4 is 63.7 Å². The molecule has 1 saturated heterocycles. The minimum absolute atomic E-state index is 0.0578. The Hall–Kier alpha value is -3.97. The van der Waals surface area contributed by atoms with Crippen LogP contribution >= 0.6 is 35.1 Å². The monoisotopic (exact) mass is 607 g/mol. The molecule has 16 nitrogen and oxygen atoms in total. The van der Waals surface area contributed by atoms with E-state index in [0.717, 1.165) is 34.6 Å². The molecule has 0 aromatic carbocycles. The van der Waals surface area contributed by atoms with Crippen LogP contribution in [0.25, 0.3) is 0 Å². The number of thioether (sulfide) groups is 2. The number of β-lactam (4-membered cyclic amide) rings is 1. The maximum Gasteiger partial charge on any atom is 0.352 e. The molecule has 210 valence electrons. The smallest absolute Gasteiger partial charge is 0.352 e. The number of fused-ring (bicyclic) bond motifs is 1. The van der Waals surface area contributed by atoms with Gasteiger partial charge in [0.05, 0.1) is 0 Å². The number of carbonyl (C=O) groups excluding carboxylic acids is 2. The van der Waals surface area contributed by atoms with Gasteiger partial charge < -0.3 is 21.0 Å². The minimum atomic E-state index is -1.32. The Bertz CT molecular complexity index is 1590. The van der Waals surface area contributed by atoms with Crippen molar-refractivity contribution in [1.29, 1.82) is 0 Å². The lowest BCUT2D eigenvalue weighted by Gasteiger charge is -2.49. The Morgan fingerprint density at radius 2 is 2.15 bits per heavy atom. The number of carboxylic acid groups (broad SMARTS) is 1. The third-order valence-corrected chi connectivity index (χ3v) is 8.97. The van der Waals surface area contributed by atoms with E-state index >= 15 is 0 Å². The fourth-order valence-electron chi connectivity index (χ4n) is 4.07. The molecule has 2 aliphatic heterocycles. The topological polar surface area (TPSA) is 228 Å². The summed E-state index contributed by atoms with van der Waals surface area (Å²) in [5.41, 5.74) is 3.77. The number of allylic oxidation sites excluding steroid dienone is 1. The number of nitrogens with two attached hydrogens (primary N) is 1. The molecule has 19 heteroatoms. The first-order valence-corrected chi connectivity index (χ1v) is 14.5. The maximum absolute atomic E-state index is 13.2. The molecule has 1 aliphatic carbocycles. The van der Waals surface area contributed by atoms with Gasteiger partial charge in [-0.2, -0.15) is 14.3 Å². The van der Waals surface area contributed by atoms with E-state index in [2.05, 4.69) is 29.9 Å². The average molecular weight is 608 g/mol. The number of rotatable bonds is 9. The van der Waals surface area contributed by atoms with E-state index in [1.807, 2.05) is 12.2 Å². The summed E-state index contributed by atoms with van der Waals surface area (Å²) < 4.78 is 5.28. The van der Waals surface area contributed by atoms with Crippen LogP contribution in [0.4, 0.5) is 5.13 Å². The third-order valence-electron chi connectivity index (χ3n) is 5.98. The molecule has 3 aliphatic rings. The standard InChI is InChI=1S/C21H21N9O7S3/c1-29-21(25-15(32)16(33)26-29)39-7-8-6-38-18-11(17(34)30(18)12(8)19(35)36)23-14(31)10(13-24-20(22)40-28-13)27-37-9-4-2-3-5-9/h2,4,9,11,18H,3,5-7H2,1H3,(H,23,31)(H,26,33)(H,35,36)(H2,22,24,28)/b27-10+. The normalized spacial score (nSPS) is 22.2. The molecule has 2 amide bonds. The molecule has 3 atom stereocenters. The number of aliphatic carboxylic acids is 1.